The van der Waals surface area contributed by atoms with Crippen molar-refractivity contribution in [3.63, 3.8) is 0 Å². The summed E-state index contributed by atoms with van der Waals surface area (Å²) in [5.74, 6) is -1.85. The maximum absolute atomic E-state index is 13.7. The molecule has 0 aliphatic heterocycles. The predicted octanol–water partition coefficient (Wildman–Crippen LogP) is 6.04. The molecule has 0 radical (unpaired) electrons. The number of carboxylic acids is 1. The van der Waals surface area contributed by atoms with Gasteiger partial charge in [-0.2, -0.15) is 0 Å². The summed E-state index contributed by atoms with van der Waals surface area (Å²) in [5.41, 5.74) is 5.50. The third kappa shape index (κ3) is 5.24. The molecule has 2 aliphatic rings. The number of hydrogen-bond donors (Lipinski definition) is 2. The highest BCUT2D eigenvalue weighted by Gasteiger charge is 2.42. The lowest BCUT2D eigenvalue weighted by molar-refractivity contribution is -0.138. The molecule has 0 spiro atoms. The summed E-state index contributed by atoms with van der Waals surface area (Å²) < 4.78 is 27.3. The number of nitrogens with zero attached hydrogens (tertiary/aromatic N) is 2. The Morgan fingerprint density at radius 3 is 2.51 bits per heavy atom. The summed E-state index contributed by atoms with van der Waals surface area (Å²) in [4.78, 5) is 34.2. The Morgan fingerprint density at radius 1 is 0.949 bits per heavy atom. The van der Waals surface area contributed by atoms with E-state index in [1.54, 1.807) is 42.5 Å². The van der Waals surface area contributed by atoms with Crippen LogP contribution in [0.5, 0.6) is 0 Å². The normalized spacial score (nSPS) is 19.9. The minimum absolute atomic E-state index is 0.102. The summed E-state index contributed by atoms with van der Waals surface area (Å²) in [6.45, 7) is 0. The highest BCUT2D eigenvalue weighted by molar-refractivity contribution is 5.97. The molecule has 1 heterocycles. The second-order valence-electron chi connectivity index (χ2n) is 10.5. The third-order valence-electron chi connectivity index (χ3n) is 7.83. The number of hydrogen-bond acceptors (Lipinski definition) is 4. The number of aliphatic carboxylic acids is 1. The van der Waals surface area contributed by atoms with Gasteiger partial charge in [0.05, 0.1) is 34.4 Å². The fraction of sp³-hybridized carbons (Fsp3) is 0.290. The van der Waals surface area contributed by atoms with E-state index in [-0.39, 0.29) is 35.4 Å². The first-order chi connectivity index (χ1) is 18.9. The number of halogens is 2. The first-order valence-corrected chi connectivity index (χ1v) is 13.2. The monoisotopic (exact) mass is 527 g/mol. The highest BCUT2D eigenvalue weighted by atomic mass is 19.1. The molecular weight excluding hydrogens is 500 g/mol. The van der Waals surface area contributed by atoms with Crippen LogP contribution in [0.1, 0.15) is 58.9 Å². The molecule has 2 unspecified atom stereocenters. The van der Waals surface area contributed by atoms with Gasteiger partial charge >= 0.3 is 5.97 Å². The van der Waals surface area contributed by atoms with Crippen molar-refractivity contribution in [3.05, 3.63) is 94.7 Å². The number of nitrogens with one attached hydrogen (secondary N) is 1. The van der Waals surface area contributed by atoms with E-state index in [1.165, 1.54) is 18.2 Å². The molecule has 2 aliphatic carbocycles. The van der Waals surface area contributed by atoms with E-state index >= 15 is 0 Å². The minimum atomic E-state index is -0.773. The van der Waals surface area contributed by atoms with Gasteiger partial charge in [0.1, 0.15) is 11.6 Å². The Bertz CT molecular complexity index is 1590. The smallest absolute Gasteiger partial charge is 0.306 e. The molecule has 3 atom stereocenters. The van der Waals surface area contributed by atoms with Crippen LogP contribution in [0.4, 0.5) is 8.78 Å². The Kier molecular flexibility index (Phi) is 6.54. The maximum atomic E-state index is 13.7. The summed E-state index contributed by atoms with van der Waals surface area (Å²) in [6, 6.07) is 15.7. The molecule has 6 rings (SSSR count). The number of carbonyl (C=O) groups excluding carboxylic acids is 1. The molecule has 8 heteroatoms. The van der Waals surface area contributed by atoms with E-state index in [4.69, 9.17) is 9.97 Å². The Labute approximate surface area is 224 Å². The average Bonchev–Trinajstić information content (AvgIpc) is 3.72. The van der Waals surface area contributed by atoms with Crippen molar-refractivity contribution in [2.75, 3.05) is 0 Å². The third-order valence-corrected chi connectivity index (χ3v) is 7.83. The lowest BCUT2D eigenvalue weighted by Gasteiger charge is -2.26. The van der Waals surface area contributed by atoms with Crippen LogP contribution in [0.2, 0.25) is 0 Å². The van der Waals surface area contributed by atoms with Crippen LogP contribution in [-0.2, 0) is 17.6 Å². The zero-order valence-corrected chi connectivity index (χ0v) is 21.2. The lowest BCUT2D eigenvalue weighted by atomic mass is 9.87. The SMILES string of the molecule is O=C(N[C@@H]1CCCc2cc(F)ccc21)c1ccc2nc(-c3ccc(F)cc3)c(CCC3CC3C(=O)O)nc2c1. The molecule has 1 amide bonds. The van der Waals surface area contributed by atoms with Crippen LogP contribution in [0.3, 0.4) is 0 Å². The number of fused-ring (bicyclic) bond motifs is 2. The molecule has 0 saturated heterocycles. The van der Waals surface area contributed by atoms with Gasteiger partial charge in [-0.25, -0.2) is 18.7 Å². The van der Waals surface area contributed by atoms with Crippen LogP contribution >= 0.6 is 0 Å². The van der Waals surface area contributed by atoms with Crippen LogP contribution < -0.4 is 5.32 Å². The molecule has 6 nitrogen and oxygen atoms in total. The number of rotatable bonds is 7. The summed E-state index contributed by atoms with van der Waals surface area (Å²) in [5, 5.41) is 12.4. The molecule has 1 aromatic heterocycles. The van der Waals surface area contributed by atoms with E-state index in [1.807, 2.05) is 0 Å². The Balaban J connectivity index is 1.29. The van der Waals surface area contributed by atoms with Gasteiger partial charge in [-0.3, -0.25) is 9.59 Å². The first kappa shape index (κ1) is 25.1. The first-order valence-electron chi connectivity index (χ1n) is 13.2. The van der Waals surface area contributed by atoms with Gasteiger partial charge in [0.25, 0.3) is 5.91 Å². The number of aromatic nitrogens is 2. The van der Waals surface area contributed by atoms with E-state index in [2.05, 4.69) is 5.32 Å². The Hall–Kier alpha value is -4.20. The second-order valence-corrected chi connectivity index (χ2v) is 10.5. The summed E-state index contributed by atoms with van der Waals surface area (Å²) in [7, 11) is 0. The second kappa shape index (κ2) is 10.2. The molecule has 3 aromatic carbocycles. The van der Waals surface area contributed by atoms with Crippen LogP contribution in [0.25, 0.3) is 22.3 Å². The standard InChI is InChI=1S/C31H27F2N3O3/c32-21-8-4-17(5-9-21)29-27(13-6-19-15-24(19)31(38)39)34-28-16-20(7-12-26(28)35-29)30(37)36-25-3-1-2-18-14-22(33)10-11-23(18)25/h4-5,7-12,14,16,19,24-25H,1-3,6,13,15H2,(H,36,37)(H,38,39)/t19?,24?,25-/m1/s1. The van der Waals surface area contributed by atoms with E-state index < -0.39 is 5.97 Å². The number of carbonyl (C=O) groups is 2. The van der Waals surface area contributed by atoms with Crippen molar-refractivity contribution in [2.45, 2.75) is 44.6 Å². The zero-order valence-electron chi connectivity index (χ0n) is 21.2. The van der Waals surface area contributed by atoms with Crippen molar-refractivity contribution in [3.8, 4) is 11.3 Å². The van der Waals surface area contributed by atoms with E-state index in [9.17, 15) is 23.5 Å². The fourth-order valence-electron chi connectivity index (χ4n) is 5.61. The summed E-state index contributed by atoms with van der Waals surface area (Å²) >= 11 is 0. The highest BCUT2D eigenvalue weighted by Crippen LogP contribution is 2.42. The molecule has 2 N–H and O–H groups in total. The number of amides is 1. The molecule has 198 valence electrons. The number of aryl methyl sites for hydroxylation is 2. The van der Waals surface area contributed by atoms with Gasteiger partial charge in [-0.05, 0) is 110 Å². The number of benzene rings is 3. The quantitative estimate of drug-likeness (QED) is 0.306. The van der Waals surface area contributed by atoms with Gasteiger partial charge in [0, 0.05) is 11.1 Å². The maximum Gasteiger partial charge on any atom is 0.306 e. The van der Waals surface area contributed by atoms with Crippen LogP contribution in [0.15, 0.2) is 60.7 Å². The van der Waals surface area contributed by atoms with E-state index in [0.717, 1.165) is 36.0 Å². The molecule has 39 heavy (non-hydrogen) atoms. The van der Waals surface area contributed by atoms with Crippen molar-refractivity contribution < 1.29 is 23.5 Å². The van der Waals surface area contributed by atoms with Gasteiger partial charge in [0.2, 0.25) is 0 Å². The van der Waals surface area contributed by atoms with Crippen LogP contribution in [-0.4, -0.2) is 27.0 Å². The number of carboxylic acid groups (broad SMARTS) is 1. The van der Waals surface area contributed by atoms with Crippen molar-refractivity contribution >= 4 is 22.9 Å². The van der Waals surface area contributed by atoms with Gasteiger partial charge < -0.3 is 10.4 Å². The molecule has 0 bridgehead atoms. The predicted molar refractivity (Wildman–Crippen MR) is 142 cm³/mol. The van der Waals surface area contributed by atoms with Gasteiger partial charge in [-0.1, -0.05) is 6.07 Å². The van der Waals surface area contributed by atoms with Gasteiger partial charge in [0.15, 0.2) is 0 Å². The largest absolute Gasteiger partial charge is 0.481 e. The molecule has 1 fully saturated rings. The average molecular weight is 528 g/mol. The van der Waals surface area contributed by atoms with Crippen molar-refractivity contribution in [1.82, 2.24) is 15.3 Å². The van der Waals surface area contributed by atoms with Gasteiger partial charge in [-0.15, -0.1) is 0 Å². The van der Waals surface area contributed by atoms with Crippen molar-refractivity contribution in [1.29, 1.82) is 0 Å². The fourth-order valence-corrected chi connectivity index (χ4v) is 5.61. The van der Waals surface area contributed by atoms with Crippen molar-refractivity contribution in [2.24, 2.45) is 11.8 Å². The molecule has 4 aromatic rings. The minimum Gasteiger partial charge on any atom is -0.481 e. The molecule has 1 saturated carbocycles. The summed E-state index contributed by atoms with van der Waals surface area (Å²) in [6.07, 6.45) is 4.27. The zero-order chi connectivity index (χ0) is 27.1. The Morgan fingerprint density at radius 2 is 1.74 bits per heavy atom. The topological polar surface area (TPSA) is 92.2 Å². The van der Waals surface area contributed by atoms with Crippen LogP contribution in [0, 0.1) is 23.5 Å². The van der Waals surface area contributed by atoms with E-state index in [0.29, 0.717) is 47.2 Å². The lowest BCUT2D eigenvalue weighted by Crippen LogP contribution is -2.31. The molecular formula is C31H27F2N3O3.